The fourth-order valence-electron chi connectivity index (χ4n) is 11.3. The fourth-order valence-corrected chi connectivity index (χ4v) is 11.3. The molecule has 0 aliphatic heterocycles. The van der Waals surface area contributed by atoms with Crippen LogP contribution in [-0.2, 0) is 4.79 Å². The van der Waals surface area contributed by atoms with Gasteiger partial charge in [0.2, 0.25) is 0 Å². The molecule has 0 bridgehead atoms. The highest BCUT2D eigenvalue weighted by Crippen LogP contribution is 2.77. The average molecular weight is 425 g/mol. The molecule has 1 nitrogen and oxygen atoms in total. The normalized spacial score (nSPS) is 55.6. The Labute approximate surface area is 192 Å². The predicted octanol–water partition coefficient (Wildman–Crippen LogP) is 8.23. The number of fused-ring (bicyclic) bond motifs is 7. The van der Waals surface area contributed by atoms with Crippen LogP contribution < -0.4 is 0 Å². The highest BCUT2D eigenvalue weighted by Gasteiger charge is 2.70. The molecule has 0 amide bonds. The predicted molar refractivity (Wildman–Crippen MR) is 130 cm³/mol. The molecule has 5 aliphatic carbocycles. The quantitative estimate of drug-likeness (QED) is 0.387. The van der Waals surface area contributed by atoms with E-state index in [0.717, 1.165) is 36.5 Å². The third-order valence-corrected chi connectivity index (χ3v) is 13.2. The lowest BCUT2D eigenvalue weighted by Gasteiger charge is -2.72. The van der Waals surface area contributed by atoms with Crippen molar-refractivity contribution in [2.75, 3.05) is 0 Å². The van der Waals surface area contributed by atoms with E-state index in [1.165, 1.54) is 56.9 Å². The Bertz CT molecular complexity index is 807. The highest BCUT2D eigenvalue weighted by molar-refractivity contribution is 5.85. The molecule has 5 fully saturated rings. The summed E-state index contributed by atoms with van der Waals surface area (Å²) < 4.78 is 0. The second-order valence-corrected chi connectivity index (χ2v) is 14.5. The van der Waals surface area contributed by atoms with Crippen LogP contribution in [0.3, 0.4) is 0 Å². The Hall–Kier alpha value is -0.590. The molecule has 0 saturated heterocycles. The molecule has 0 N–H and O–H groups in total. The van der Waals surface area contributed by atoms with Gasteiger partial charge in [0.05, 0.1) is 0 Å². The van der Waals surface area contributed by atoms with E-state index in [9.17, 15) is 4.79 Å². The second kappa shape index (κ2) is 6.50. The van der Waals surface area contributed by atoms with Crippen molar-refractivity contribution >= 4 is 5.78 Å². The van der Waals surface area contributed by atoms with Crippen molar-refractivity contribution in [2.24, 2.45) is 56.7 Å². The number of Topliss-reactive ketones (excluding diaryl/α,β-unsaturated/α-hetero) is 1. The fraction of sp³-hybridized carbons (Fsp3) is 0.900. The number of carbonyl (C=O) groups excluding carboxylic acids is 1. The highest BCUT2D eigenvalue weighted by atomic mass is 16.1. The summed E-state index contributed by atoms with van der Waals surface area (Å²) in [5.41, 5.74) is 3.06. The van der Waals surface area contributed by atoms with Crippen molar-refractivity contribution in [3.8, 4) is 0 Å². The Balaban J connectivity index is 1.55. The first kappa shape index (κ1) is 22.2. The molecule has 1 heteroatoms. The molecule has 0 radical (unpaired) electrons. The van der Waals surface area contributed by atoms with Crippen molar-refractivity contribution in [3.05, 3.63) is 12.2 Å². The largest absolute Gasteiger partial charge is 0.299 e. The van der Waals surface area contributed by atoms with Crippen molar-refractivity contribution in [3.63, 3.8) is 0 Å². The monoisotopic (exact) mass is 424 g/mol. The van der Waals surface area contributed by atoms with E-state index in [-0.39, 0.29) is 5.41 Å². The van der Waals surface area contributed by atoms with Crippen LogP contribution in [0.25, 0.3) is 0 Å². The topological polar surface area (TPSA) is 17.1 Å². The molecule has 0 aromatic heterocycles. The first-order chi connectivity index (χ1) is 14.3. The van der Waals surface area contributed by atoms with Crippen molar-refractivity contribution in [1.29, 1.82) is 0 Å². The summed E-state index contributed by atoms with van der Waals surface area (Å²) in [7, 11) is 0. The van der Waals surface area contributed by atoms with Gasteiger partial charge in [-0.05, 0) is 116 Å². The van der Waals surface area contributed by atoms with Gasteiger partial charge in [0.25, 0.3) is 0 Å². The van der Waals surface area contributed by atoms with E-state index in [4.69, 9.17) is 0 Å². The standard InChI is InChI=1S/C30H48O/c1-19(2)20-11-14-27(5)17-18-29(7)21(25(20)27)9-10-23-28(6)15-13-24(31)26(3,4)22(28)12-16-30(23,29)8/h20-23,25H,1,9-18H2,2-8H3/t20-,21+,22+,23+,25-,27-,28-,29+,30+/m0/s1. The van der Waals surface area contributed by atoms with Gasteiger partial charge in [0, 0.05) is 11.8 Å². The molecule has 0 unspecified atom stereocenters. The van der Waals surface area contributed by atoms with Crippen LogP contribution in [0.2, 0.25) is 0 Å². The molecule has 174 valence electrons. The summed E-state index contributed by atoms with van der Waals surface area (Å²) in [5, 5.41) is 0. The van der Waals surface area contributed by atoms with Crippen LogP contribution in [0.5, 0.6) is 0 Å². The van der Waals surface area contributed by atoms with Crippen molar-refractivity contribution in [1.82, 2.24) is 0 Å². The van der Waals surface area contributed by atoms with Crippen LogP contribution >= 0.6 is 0 Å². The first-order valence-electron chi connectivity index (χ1n) is 13.5. The maximum atomic E-state index is 12.9. The lowest BCUT2D eigenvalue weighted by atomic mass is 9.32. The summed E-state index contributed by atoms with van der Waals surface area (Å²) in [5.74, 6) is 4.33. The number of rotatable bonds is 1. The second-order valence-electron chi connectivity index (χ2n) is 14.5. The number of ketones is 1. The zero-order valence-electron chi connectivity index (χ0n) is 21.6. The van der Waals surface area contributed by atoms with E-state index in [1.54, 1.807) is 0 Å². The Morgan fingerprint density at radius 2 is 1.52 bits per heavy atom. The molecule has 0 spiro atoms. The van der Waals surface area contributed by atoms with E-state index in [2.05, 4.69) is 55.0 Å². The summed E-state index contributed by atoms with van der Waals surface area (Å²) in [6.45, 7) is 22.0. The zero-order chi connectivity index (χ0) is 22.6. The number of carbonyl (C=O) groups is 1. The van der Waals surface area contributed by atoms with Gasteiger partial charge in [0.1, 0.15) is 5.78 Å². The lowest BCUT2D eigenvalue weighted by Crippen LogP contribution is -2.66. The third-order valence-electron chi connectivity index (χ3n) is 13.2. The summed E-state index contributed by atoms with van der Waals surface area (Å²) in [6.07, 6.45) is 13.0. The molecule has 5 saturated carbocycles. The van der Waals surface area contributed by atoms with Gasteiger partial charge in [-0.2, -0.15) is 0 Å². The summed E-state index contributed by atoms with van der Waals surface area (Å²) in [4.78, 5) is 12.9. The summed E-state index contributed by atoms with van der Waals surface area (Å²) >= 11 is 0. The minimum atomic E-state index is -0.131. The molecule has 0 aromatic carbocycles. The molecule has 5 aliphatic rings. The molecule has 0 aromatic rings. The number of hydrogen-bond donors (Lipinski definition) is 0. The van der Waals surface area contributed by atoms with E-state index < -0.39 is 0 Å². The SMILES string of the molecule is C=C(C)[C@@H]1CC[C@@]2(C)CC[C@]3(C)[C@H](CC[C@@H]4[C@@]5(C)CCC(=O)C(C)(C)[C@H]5CC[C@]43C)[C@H]12. The molecule has 0 heterocycles. The molecule has 5 rings (SSSR count). The van der Waals surface area contributed by atoms with E-state index in [1.807, 2.05) is 0 Å². The lowest BCUT2D eigenvalue weighted by molar-refractivity contribution is -0.232. The van der Waals surface area contributed by atoms with Gasteiger partial charge >= 0.3 is 0 Å². The van der Waals surface area contributed by atoms with Gasteiger partial charge < -0.3 is 0 Å². The van der Waals surface area contributed by atoms with Crippen LogP contribution in [0.4, 0.5) is 0 Å². The Morgan fingerprint density at radius 3 is 2.19 bits per heavy atom. The van der Waals surface area contributed by atoms with E-state index in [0.29, 0.717) is 33.4 Å². The number of allylic oxidation sites excluding steroid dienone is 1. The van der Waals surface area contributed by atoms with Gasteiger partial charge in [-0.25, -0.2) is 0 Å². The van der Waals surface area contributed by atoms with Crippen LogP contribution in [0, 0.1) is 56.7 Å². The molecule has 31 heavy (non-hydrogen) atoms. The van der Waals surface area contributed by atoms with E-state index >= 15 is 0 Å². The van der Waals surface area contributed by atoms with Crippen LogP contribution in [-0.4, -0.2) is 5.78 Å². The van der Waals surface area contributed by atoms with Crippen molar-refractivity contribution in [2.45, 2.75) is 113 Å². The molecular formula is C30H48O. The average Bonchev–Trinajstić information content (AvgIpc) is 3.04. The van der Waals surface area contributed by atoms with Crippen LogP contribution in [0.1, 0.15) is 113 Å². The first-order valence-corrected chi connectivity index (χ1v) is 13.5. The maximum absolute atomic E-state index is 12.9. The van der Waals surface area contributed by atoms with Gasteiger partial charge in [-0.3, -0.25) is 4.79 Å². The zero-order valence-corrected chi connectivity index (χ0v) is 21.6. The van der Waals surface area contributed by atoms with Gasteiger partial charge in [0.15, 0.2) is 0 Å². The van der Waals surface area contributed by atoms with Gasteiger partial charge in [-0.1, -0.05) is 53.7 Å². The maximum Gasteiger partial charge on any atom is 0.138 e. The minimum Gasteiger partial charge on any atom is -0.299 e. The smallest absolute Gasteiger partial charge is 0.138 e. The van der Waals surface area contributed by atoms with Crippen LogP contribution in [0.15, 0.2) is 12.2 Å². The van der Waals surface area contributed by atoms with Crippen molar-refractivity contribution < 1.29 is 4.79 Å². The van der Waals surface area contributed by atoms with Gasteiger partial charge in [-0.15, -0.1) is 0 Å². The number of hydrogen-bond acceptors (Lipinski definition) is 1. The molecular weight excluding hydrogens is 376 g/mol. The summed E-state index contributed by atoms with van der Waals surface area (Å²) in [6, 6.07) is 0. The Kier molecular flexibility index (Phi) is 4.66. The minimum absolute atomic E-state index is 0.131. The molecule has 9 atom stereocenters. The Morgan fingerprint density at radius 1 is 0.806 bits per heavy atom. The third kappa shape index (κ3) is 2.59.